The summed E-state index contributed by atoms with van der Waals surface area (Å²) in [6, 6.07) is -0.266. The molecule has 4 N–H and O–H groups in total. The number of nitrogens with two attached hydrogens (primary N) is 1. The fourth-order valence-electron chi connectivity index (χ4n) is 3.43. The van der Waals surface area contributed by atoms with Crippen LogP contribution in [0.15, 0.2) is 0 Å². The van der Waals surface area contributed by atoms with E-state index < -0.39 is 5.54 Å². The third-order valence-corrected chi connectivity index (χ3v) is 4.71. The second kappa shape index (κ2) is 4.47. The number of aliphatic hydroxyl groups excluding tert-OH is 1. The highest BCUT2D eigenvalue weighted by Crippen LogP contribution is 2.57. The Morgan fingerprint density at radius 2 is 2.28 bits per heavy atom. The highest BCUT2D eigenvalue weighted by Gasteiger charge is 2.70. The van der Waals surface area contributed by atoms with E-state index in [1.165, 1.54) is 0 Å². The normalized spacial score (nSPS) is 39.4. The smallest absolute Gasteiger partial charge is 0.241 e. The zero-order valence-corrected chi connectivity index (χ0v) is 11.4. The minimum Gasteiger partial charge on any atom is -0.394 e. The van der Waals surface area contributed by atoms with Gasteiger partial charge in [0, 0.05) is 24.0 Å². The third kappa shape index (κ3) is 1.68. The van der Waals surface area contributed by atoms with Crippen LogP contribution >= 0.6 is 0 Å². The van der Waals surface area contributed by atoms with Crippen LogP contribution in [-0.4, -0.2) is 41.9 Å². The summed E-state index contributed by atoms with van der Waals surface area (Å²) < 4.78 is 5.76. The van der Waals surface area contributed by atoms with Crippen LogP contribution < -0.4 is 11.1 Å². The standard InChI is InChI=1S/C13H24N2O3/c1-8(7-16)15-11(17)13(14)9-5-4-6-18-10(9)12(13,2)3/h8-10,16H,4-7,14H2,1-3H3,(H,15,17)/t8-,9?,10?,13?/m0/s1. The van der Waals surface area contributed by atoms with Gasteiger partial charge in [0.15, 0.2) is 0 Å². The van der Waals surface area contributed by atoms with Gasteiger partial charge in [0.2, 0.25) is 5.91 Å². The lowest BCUT2D eigenvalue weighted by Gasteiger charge is -2.65. The number of carbonyl (C=O) groups is 1. The Morgan fingerprint density at radius 3 is 2.89 bits per heavy atom. The quantitative estimate of drug-likeness (QED) is 0.664. The van der Waals surface area contributed by atoms with Gasteiger partial charge in [-0.3, -0.25) is 4.79 Å². The minimum absolute atomic E-state index is 0.0754. The monoisotopic (exact) mass is 256 g/mol. The predicted octanol–water partition coefficient (Wildman–Crippen LogP) is 0.0159. The van der Waals surface area contributed by atoms with Crippen molar-refractivity contribution in [1.29, 1.82) is 0 Å². The number of fused-ring (bicyclic) bond motifs is 1. The minimum atomic E-state index is -0.887. The van der Waals surface area contributed by atoms with E-state index in [-0.39, 0.29) is 36.0 Å². The summed E-state index contributed by atoms with van der Waals surface area (Å²) in [5, 5.41) is 11.8. The highest BCUT2D eigenvalue weighted by molar-refractivity contribution is 5.89. The van der Waals surface area contributed by atoms with Crippen molar-refractivity contribution in [2.45, 2.75) is 51.3 Å². The van der Waals surface area contributed by atoms with Crippen LogP contribution in [0.1, 0.15) is 33.6 Å². The molecule has 2 fully saturated rings. The number of nitrogens with one attached hydrogen (secondary N) is 1. The summed E-state index contributed by atoms with van der Waals surface area (Å²) in [5.74, 6) is -0.0760. The molecule has 1 saturated carbocycles. The molecule has 18 heavy (non-hydrogen) atoms. The van der Waals surface area contributed by atoms with Crippen LogP contribution in [-0.2, 0) is 9.53 Å². The number of ether oxygens (including phenoxy) is 1. The molecule has 0 aromatic heterocycles. The molecule has 0 bridgehead atoms. The average molecular weight is 256 g/mol. The second-order valence-electron chi connectivity index (χ2n) is 6.19. The van der Waals surface area contributed by atoms with Gasteiger partial charge in [-0.2, -0.15) is 0 Å². The third-order valence-electron chi connectivity index (χ3n) is 4.71. The number of amides is 1. The van der Waals surface area contributed by atoms with Crippen molar-refractivity contribution in [3.63, 3.8) is 0 Å². The molecular weight excluding hydrogens is 232 g/mol. The molecule has 5 heteroatoms. The molecule has 1 aliphatic carbocycles. The Hall–Kier alpha value is -0.650. The zero-order chi connectivity index (χ0) is 13.6. The number of aliphatic hydroxyl groups is 1. The maximum Gasteiger partial charge on any atom is 0.241 e. The Bertz CT molecular complexity index is 345. The summed E-state index contributed by atoms with van der Waals surface area (Å²) in [4.78, 5) is 12.4. The molecule has 2 rings (SSSR count). The molecule has 1 saturated heterocycles. The molecule has 2 aliphatic rings. The van der Waals surface area contributed by atoms with Gasteiger partial charge >= 0.3 is 0 Å². The highest BCUT2D eigenvalue weighted by atomic mass is 16.5. The van der Waals surface area contributed by atoms with Gasteiger partial charge in [0.05, 0.1) is 12.7 Å². The SMILES string of the molecule is C[C@@H](CO)NC(=O)C1(N)C2CCCOC2C1(C)C. The molecule has 1 amide bonds. The topological polar surface area (TPSA) is 84.6 Å². The van der Waals surface area contributed by atoms with Gasteiger partial charge in [0.1, 0.15) is 5.54 Å². The lowest BCUT2D eigenvalue weighted by molar-refractivity contribution is -0.225. The van der Waals surface area contributed by atoms with E-state index in [1.54, 1.807) is 6.92 Å². The van der Waals surface area contributed by atoms with E-state index in [0.717, 1.165) is 19.4 Å². The van der Waals surface area contributed by atoms with Crippen LogP contribution in [0, 0.1) is 11.3 Å². The lowest BCUT2D eigenvalue weighted by Crippen LogP contribution is -2.82. The van der Waals surface area contributed by atoms with Crippen molar-refractivity contribution in [2.24, 2.45) is 17.1 Å². The molecule has 1 aliphatic heterocycles. The molecule has 3 unspecified atom stereocenters. The van der Waals surface area contributed by atoms with Gasteiger partial charge < -0.3 is 20.9 Å². The second-order valence-corrected chi connectivity index (χ2v) is 6.19. The first-order chi connectivity index (χ1) is 8.35. The average Bonchev–Trinajstić information content (AvgIpc) is 2.37. The van der Waals surface area contributed by atoms with Crippen molar-refractivity contribution < 1.29 is 14.6 Å². The Morgan fingerprint density at radius 1 is 1.61 bits per heavy atom. The maximum absolute atomic E-state index is 12.4. The maximum atomic E-state index is 12.4. The van der Waals surface area contributed by atoms with Crippen molar-refractivity contribution >= 4 is 5.91 Å². The van der Waals surface area contributed by atoms with Crippen LogP contribution in [0.4, 0.5) is 0 Å². The van der Waals surface area contributed by atoms with Gasteiger partial charge in [-0.1, -0.05) is 13.8 Å². The molecule has 104 valence electrons. The number of rotatable bonds is 3. The largest absolute Gasteiger partial charge is 0.394 e. The summed E-state index contributed by atoms with van der Waals surface area (Å²) in [6.07, 6.45) is 1.97. The number of carbonyl (C=O) groups excluding carboxylic acids is 1. The Balaban J connectivity index is 2.16. The molecule has 4 atom stereocenters. The number of hydrogen-bond donors (Lipinski definition) is 3. The van der Waals surface area contributed by atoms with E-state index >= 15 is 0 Å². The fraction of sp³-hybridized carbons (Fsp3) is 0.923. The molecule has 0 aromatic rings. The van der Waals surface area contributed by atoms with Crippen molar-refractivity contribution in [1.82, 2.24) is 5.32 Å². The summed E-state index contributed by atoms with van der Waals surface area (Å²) in [6.45, 7) is 6.43. The summed E-state index contributed by atoms with van der Waals surface area (Å²) in [7, 11) is 0. The van der Waals surface area contributed by atoms with E-state index in [1.807, 2.05) is 13.8 Å². The first-order valence-corrected chi connectivity index (χ1v) is 6.68. The first-order valence-electron chi connectivity index (χ1n) is 6.68. The number of hydrogen-bond acceptors (Lipinski definition) is 4. The fourth-order valence-corrected chi connectivity index (χ4v) is 3.43. The van der Waals surface area contributed by atoms with Crippen LogP contribution in [0.3, 0.4) is 0 Å². The zero-order valence-electron chi connectivity index (χ0n) is 11.4. The van der Waals surface area contributed by atoms with Crippen molar-refractivity contribution in [2.75, 3.05) is 13.2 Å². The Kier molecular flexibility index (Phi) is 3.42. The van der Waals surface area contributed by atoms with Crippen LogP contribution in [0.2, 0.25) is 0 Å². The molecule has 0 spiro atoms. The van der Waals surface area contributed by atoms with Gasteiger partial charge in [-0.25, -0.2) is 0 Å². The van der Waals surface area contributed by atoms with Gasteiger partial charge in [0.25, 0.3) is 0 Å². The molecule has 0 radical (unpaired) electrons. The molecule has 1 heterocycles. The summed E-state index contributed by atoms with van der Waals surface area (Å²) >= 11 is 0. The molecule has 5 nitrogen and oxygen atoms in total. The van der Waals surface area contributed by atoms with Crippen molar-refractivity contribution in [3.05, 3.63) is 0 Å². The Labute approximate surface area is 108 Å². The van der Waals surface area contributed by atoms with Gasteiger partial charge in [-0.15, -0.1) is 0 Å². The summed E-state index contributed by atoms with van der Waals surface area (Å²) in [5.41, 5.74) is 5.16. The van der Waals surface area contributed by atoms with Crippen LogP contribution in [0.25, 0.3) is 0 Å². The van der Waals surface area contributed by atoms with Gasteiger partial charge in [-0.05, 0) is 19.8 Å². The van der Waals surface area contributed by atoms with Crippen molar-refractivity contribution in [3.8, 4) is 0 Å². The van der Waals surface area contributed by atoms with E-state index in [9.17, 15) is 4.79 Å². The van der Waals surface area contributed by atoms with E-state index in [0.29, 0.717) is 0 Å². The first kappa shape index (κ1) is 13.8. The molecular formula is C13H24N2O3. The van der Waals surface area contributed by atoms with E-state index in [4.69, 9.17) is 15.6 Å². The van der Waals surface area contributed by atoms with E-state index in [2.05, 4.69) is 5.32 Å². The van der Waals surface area contributed by atoms with Crippen LogP contribution in [0.5, 0.6) is 0 Å². The molecule has 0 aromatic carbocycles. The lowest BCUT2D eigenvalue weighted by atomic mass is 9.46. The predicted molar refractivity (Wildman–Crippen MR) is 67.9 cm³/mol.